The minimum atomic E-state index is -2.51. The summed E-state index contributed by atoms with van der Waals surface area (Å²) in [5.74, 6) is -0.636. The van der Waals surface area contributed by atoms with Gasteiger partial charge in [0, 0.05) is 0 Å². The first-order chi connectivity index (χ1) is 8.86. The molecular formula is C16H24F2O. The fraction of sp³-hybridized carbons (Fsp3) is 0.625. The second kappa shape index (κ2) is 6.47. The minimum Gasteiger partial charge on any atom is -0.385 e. The molecule has 0 aliphatic carbocycles. The maximum atomic E-state index is 13.1. The Kier molecular flexibility index (Phi) is 5.48. The monoisotopic (exact) mass is 270 g/mol. The Hall–Kier alpha value is -0.960. The number of hydrogen-bond donors (Lipinski definition) is 1. The summed E-state index contributed by atoms with van der Waals surface area (Å²) in [5.41, 5.74) is 0.289. The van der Waals surface area contributed by atoms with Crippen LogP contribution in [0.1, 0.15) is 57.6 Å². The van der Waals surface area contributed by atoms with Crippen LogP contribution in [-0.2, 0) is 5.60 Å². The molecule has 0 aromatic heterocycles. The highest BCUT2D eigenvalue weighted by atomic mass is 19.3. The summed E-state index contributed by atoms with van der Waals surface area (Å²) in [4.78, 5) is 0. The topological polar surface area (TPSA) is 20.2 Å². The first-order valence-corrected chi connectivity index (χ1v) is 6.97. The lowest BCUT2D eigenvalue weighted by Crippen LogP contribution is -2.38. The summed E-state index contributed by atoms with van der Waals surface area (Å²) < 4.78 is 26.2. The molecule has 1 N–H and O–H groups in total. The van der Waals surface area contributed by atoms with Crippen molar-refractivity contribution in [3.05, 3.63) is 35.4 Å². The van der Waals surface area contributed by atoms with E-state index in [2.05, 4.69) is 13.8 Å². The molecule has 1 aromatic rings. The largest absolute Gasteiger partial charge is 0.385 e. The Balaban J connectivity index is 3.13. The Morgan fingerprint density at radius 1 is 1.11 bits per heavy atom. The molecule has 0 aliphatic heterocycles. The average Bonchev–Trinajstić information content (AvgIpc) is 2.38. The van der Waals surface area contributed by atoms with E-state index in [0.717, 1.165) is 5.56 Å². The van der Waals surface area contributed by atoms with Crippen molar-refractivity contribution < 1.29 is 13.9 Å². The van der Waals surface area contributed by atoms with Gasteiger partial charge in [-0.25, -0.2) is 8.78 Å². The predicted molar refractivity (Wildman–Crippen MR) is 74.5 cm³/mol. The smallest absolute Gasteiger partial charge is 0.244 e. The number of benzene rings is 1. The summed E-state index contributed by atoms with van der Waals surface area (Å²) in [6, 6.07) is 7.39. The van der Waals surface area contributed by atoms with Gasteiger partial charge in [0.1, 0.15) is 0 Å². The van der Waals surface area contributed by atoms with E-state index in [-0.39, 0.29) is 12.8 Å². The first kappa shape index (κ1) is 16.1. The van der Waals surface area contributed by atoms with Crippen LogP contribution in [0.2, 0.25) is 0 Å². The van der Waals surface area contributed by atoms with Crippen molar-refractivity contribution in [3.8, 4) is 0 Å². The molecule has 2 unspecified atom stereocenters. The molecule has 2 atom stereocenters. The van der Waals surface area contributed by atoms with Gasteiger partial charge in [0.2, 0.25) is 6.43 Å². The van der Waals surface area contributed by atoms with E-state index in [1.165, 1.54) is 0 Å². The third-order valence-corrected chi connectivity index (χ3v) is 3.97. The van der Waals surface area contributed by atoms with E-state index in [0.29, 0.717) is 11.5 Å². The summed E-state index contributed by atoms with van der Waals surface area (Å²) >= 11 is 0. The van der Waals surface area contributed by atoms with Crippen LogP contribution in [0.5, 0.6) is 0 Å². The number of alkyl halides is 2. The van der Waals surface area contributed by atoms with Crippen molar-refractivity contribution >= 4 is 0 Å². The summed E-state index contributed by atoms with van der Waals surface area (Å²) in [6.45, 7) is 7.60. The van der Waals surface area contributed by atoms with Gasteiger partial charge in [-0.3, -0.25) is 0 Å². The van der Waals surface area contributed by atoms with Crippen molar-refractivity contribution in [1.82, 2.24) is 0 Å². The van der Waals surface area contributed by atoms with Crippen molar-refractivity contribution in [2.45, 2.75) is 58.5 Å². The molecular weight excluding hydrogens is 246 g/mol. The van der Waals surface area contributed by atoms with Crippen molar-refractivity contribution in [3.63, 3.8) is 0 Å². The number of aliphatic hydroxyl groups is 1. The summed E-state index contributed by atoms with van der Waals surface area (Å²) in [7, 11) is 0. The molecule has 1 aromatic carbocycles. The lowest BCUT2D eigenvalue weighted by molar-refractivity contribution is -0.0944. The zero-order chi connectivity index (χ0) is 14.6. The fourth-order valence-corrected chi connectivity index (χ4v) is 2.56. The number of rotatable bonds is 6. The van der Waals surface area contributed by atoms with Crippen LogP contribution in [0.3, 0.4) is 0 Å². The summed E-state index contributed by atoms with van der Waals surface area (Å²) in [5, 5.41) is 10.7. The molecule has 108 valence electrons. The normalized spacial score (nSPS) is 16.7. The molecule has 0 saturated carbocycles. The minimum absolute atomic E-state index is 0.258. The van der Waals surface area contributed by atoms with E-state index in [1.54, 1.807) is 26.0 Å². The Morgan fingerprint density at radius 2 is 1.63 bits per heavy atom. The van der Waals surface area contributed by atoms with Gasteiger partial charge in [0.25, 0.3) is 0 Å². The van der Waals surface area contributed by atoms with E-state index in [9.17, 15) is 13.9 Å². The lowest BCUT2D eigenvalue weighted by atomic mass is 9.77. The van der Waals surface area contributed by atoms with Gasteiger partial charge in [-0.15, -0.1) is 0 Å². The average molecular weight is 270 g/mol. The number of hydrogen-bond acceptors (Lipinski definition) is 1. The van der Waals surface area contributed by atoms with E-state index in [1.807, 2.05) is 12.1 Å². The summed E-state index contributed by atoms with van der Waals surface area (Å²) in [6.07, 6.45) is -1.97. The molecule has 19 heavy (non-hydrogen) atoms. The zero-order valence-corrected chi connectivity index (χ0v) is 12.2. The molecule has 3 heteroatoms. The van der Waals surface area contributed by atoms with Crippen LogP contribution < -0.4 is 0 Å². The van der Waals surface area contributed by atoms with Crippen LogP contribution >= 0.6 is 0 Å². The zero-order valence-electron chi connectivity index (χ0n) is 12.2. The maximum Gasteiger partial charge on any atom is 0.244 e. The molecule has 0 heterocycles. The molecule has 0 amide bonds. The molecule has 0 aliphatic rings. The van der Waals surface area contributed by atoms with Gasteiger partial charge in [-0.1, -0.05) is 52.0 Å². The molecule has 0 spiro atoms. The van der Waals surface area contributed by atoms with Gasteiger partial charge >= 0.3 is 0 Å². The standard InChI is InChI=1S/C16H24F2O/c1-5-14(15(17)18)16(19,6-2)13-9-7-12(8-10-13)11(3)4/h7-11,14-15,19H,5-6H2,1-4H3. The van der Waals surface area contributed by atoms with Crippen molar-refractivity contribution in [2.24, 2.45) is 5.92 Å². The van der Waals surface area contributed by atoms with Gasteiger partial charge in [-0.2, -0.15) is 0 Å². The van der Waals surface area contributed by atoms with E-state index in [4.69, 9.17) is 0 Å². The maximum absolute atomic E-state index is 13.1. The molecule has 0 bridgehead atoms. The van der Waals surface area contributed by atoms with Crippen LogP contribution in [0.4, 0.5) is 8.78 Å². The molecule has 0 radical (unpaired) electrons. The van der Waals surface area contributed by atoms with Crippen molar-refractivity contribution in [1.29, 1.82) is 0 Å². The van der Waals surface area contributed by atoms with E-state index < -0.39 is 17.9 Å². The van der Waals surface area contributed by atoms with Gasteiger partial charge in [0.15, 0.2) is 0 Å². The number of halogens is 2. The SMILES string of the molecule is CCC(C(F)F)C(O)(CC)c1ccc(C(C)C)cc1. The second-order valence-electron chi connectivity index (χ2n) is 5.40. The lowest BCUT2D eigenvalue weighted by Gasteiger charge is -2.35. The van der Waals surface area contributed by atoms with Gasteiger partial charge < -0.3 is 5.11 Å². The van der Waals surface area contributed by atoms with E-state index >= 15 is 0 Å². The Bertz CT molecular complexity index is 386. The molecule has 1 rings (SSSR count). The Morgan fingerprint density at radius 3 is 1.95 bits per heavy atom. The van der Waals surface area contributed by atoms with Crippen LogP contribution in [0, 0.1) is 5.92 Å². The van der Waals surface area contributed by atoms with Crippen LogP contribution in [0.15, 0.2) is 24.3 Å². The van der Waals surface area contributed by atoms with Gasteiger partial charge in [-0.05, 0) is 29.9 Å². The molecule has 0 saturated heterocycles. The predicted octanol–water partition coefficient (Wildman–Crippen LogP) is 4.70. The molecule has 0 fully saturated rings. The highest BCUT2D eigenvalue weighted by Crippen LogP contribution is 2.39. The van der Waals surface area contributed by atoms with Gasteiger partial charge in [0.05, 0.1) is 11.5 Å². The Labute approximate surface area is 114 Å². The van der Waals surface area contributed by atoms with Crippen molar-refractivity contribution in [2.75, 3.05) is 0 Å². The highest BCUT2D eigenvalue weighted by Gasteiger charge is 2.41. The molecule has 1 nitrogen and oxygen atoms in total. The van der Waals surface area contributed by atoms with Crippen LogP contribution in [0.25, 0.3) is 0 Å². The van der Waals surface area contributed by atoms with Crippen LogP contribution in [-0.4, -0.2) is 11.5 Å². The third-order valence-electron chi connectivity index (χ3n) is 3.97. The quantitative estimate of drug-likeness (QED) is 0.794. The second-order valence-corrected chi connectivity index (χ2v) is 5.40. The highest BCUT2D eigenvalue weighted by molar-refractivity contribution is 5.29. The fourth-order valence-electron chi connectivity index (χ4n) is 2.56. The third kappa shape index (κ3) is 3.33. The first-order valence-electron chi connectivity index (χ1n) is 6.97.